The first-order valence-corrected chi connectivity index (χ1v) is 7.94. The number of aryl methyl sites for hydroxylation is 1. The van der Waals surface area contributed by atoms with Gasteiger partial charge in [0.25, 0.3) is 0 Å². The molecular formula is C15H23N3OS. The van der Waals surface area contributed by atoms with E-state index in [-0.39, 0.29) is 12.1 Å². The molecule has 2 aromatic rings. The van der Waals surface area contributed by atoms with Gasteiger partial charge in [0, 0.05) is 11.3 Å². The molecule has 3 N–H and O–H groups in total. The number of rotatable bonds is 7. The van der Waals surface area contributed by atoms with Crippen LogP contribution in [-0.4, -0.2) is 40.0 Å². The third-order valence-electron chi connectivity index (χ3n) is 3.68. The van der Waals surface area contributed by atoms with Crippen molar-refractivity contribution in [1.29, 1.82) is 0 Å². The SMILES string of the molecule is CNC(C)(CO)CCCSc1nc2ccc(C)cc2[nH]1. The number of imidazole rings is 1. The van der Waals surface area contributed by atoms with Crippen LogP contribution >= 0.6 is 11.8 Å². The van der Waals surface area contributed by atoms with Gasteiger partial charge < -0.3 is 15.4 Å². The first kappa shape index (κ1) is 15.4. The molecule has 0 aliphatic rings. The van der Waals surface area contributed by atoms with Crippen molar-refractivity contribution in [1.82, 2.24) is 15.3 Å². The maximum absolute atomic E-state index is 9.34. The van der Waals surface area contributed by atoms with Gasteiger partial charge in [0.15, 0.2) is 5.16 Å². The largest absolute Gasteiger partial charge is 0.394 e. The van der Waals surface area contributed by atoms with Gasteiger partial charge in [-0.3, -0.25) is 0 Å². The van der Waals surface area contributed by atoms with Gasteiger partial charge >= 0.3 is 0 Å². The third-order valence-corrected chi connectivity index (χ3v) is 4.64. The molecule has 1 heterocycles. The van der Waals surface area contributed by atoms with E-state index in [0.717, 1.165) is 34.8 Å². The number of aromatic amines is 1. The second kappa shape index (κ2) is 6.61. The number of aromatic nitrogens is 2. The van der Waals surface area contributed by atoms with Gasteiger partial charge in [0.1, 0.15) is 0 Å². The van der Waals surface area contributed by atoms with Crippen LogP contribution < -0.4 is 5.32 Å². The van der Waals surface area contributed by atoms with Crippen molar-refractivity contribution in [2.24, 2.45) is 0 Å². The summed E-state index contributed by atoms with van der Waals surface area (Å²) in [5.41, 5.74) is 3.19. The summed E-state index contributed by atoms with van der Waals surface area (Å²) in [5.74, 6) is 0.996. The standard InChI is InChI=1S/C15H23N3OS/c1-11-5-6-12-13(9-11)18-14(17-12)20-8-4-7-15(2,10-19)16-3/h5-6,9,16,19H,4,7-8,10H2,1-3H3,(H,17,18). The molecule has 0 bridgehead atoms. The Balaban J connectivity index is 1.87. The Bertz CT molecular complexity index is 563. The smallest absolute Gasteiger partial charge is 0.166 e. The van der Waals surface area contributed by atoms with Gasteiger partial charge in [-0.05, 0) is 51.4 Å². The molecule has 1 aromatic carbocycles. The molecular weight excluding hydrogens is 270 g/mol. The molecule has 0 saturated heterocycles. The fourth-order valence-electron chi connectivity index (χ4n) is 2.08. The minimum Gasteiger partial charge on any atom is -0.394 e. The van der Waals surface area contributed by atoms with Crippen LogP contribution in [0.4, 0.5) is 0 Å². The molecule has 0 radical (unpaired) electrons. The molecule has 0 amide bonds. The molecule has 0 aliphatic heterocycles. The Morgan fingerprint density at radius 1 is 1.45 bits per heavy atom. The predicted molar refractivity (Wildman–Crippen MR) is 85.3 cm³/mol. The number of benzene rings is 1. The van der Waals surface area contributed by atoms with Crippen LogP contribution in [0.3, 0.4) is 0 Å². The minimum atomic E-state index is -0.175. The number of thioether (sulfide) groups is 1. The number of aliphatic hydroxyl groups excluding tert-OH is 1. The summed E-state index contributed by atoms with van der Waals surface area (Å²) < 4.78 is 0. The number of nitrogens with one attached hydrogen (secondary N) is 2. The lowest BCUT2D eigenvalue weighted by Gasteiger charge is -2.26. The average molecular weight is 293 g/mol. The Kier molecular flexibility index (Phi) is 5.07. The molecule has 1 atom stereocenters. The van der Waals surface area contributed by atoms with Crippen LogP contribution in [0.15, 0.2) is 23.4 Å². The molecule has 1 unspecified atom stereocenters. The normalized spacial score (nSPS) is 14.6. The zero-order valence-electron chi connectivity index (χ0n) is 12.4. The lowest BCUT2D eigenvalue weighted by molar-refractivity contribution is 0.173. The average Bonchev–Trinajstić information content (AvgIpc) is 2.85. The Morgan fingerprint density at radius 2 is 2.25 bits per heavy atom. The maximum atomic E-state index is 9.34. The van der Waals surface area contributed by atoms with Gasteiger partial charge in [-0.25, -0.2) is 4.98 Å². The number of hydrogen-bond acceptors (Lipinski definition) is 4. The first-order valence-electron chi connectivity index (χ1n) is 6.95. The summed E-state index contributed by atoms with van der Waals surface area (Å²) in [6.45, 7) is 4.29. The predicted octanol–water partition coefficient (Wildman–Crippen LogP) is 2.71. The molecule has 0 saturated carbocycles. The lowest BCUT2D eigenvalue weighted by atomic mass is 9.98. The first-order chi connectivity index (χ1) is 9.56. The number of nitrogens with zero attached hydrogens (tertiary/aromatic N) is 1. The Hall–Kier alpha value is -1.04. The zero-order chi connectivity index (χ0) is 14.6. The molecule has 0 fully saturated rings. The minimum absolute atomic E-state index is 0.165. The van der Waals surface area contributed by atoms with E-state index < -0.39 is 0 Å². The quantitative estimate of drug-likeness (QED) is 0.542. The van der Waals surface area contributed by atoms with Gasteiger partial charge in [0.2, 0.25) is 0 Å². The van der Waals surface area contributed by atoms with Crippen molar-refractivity contribution < 1.29 is 5.11 Å². The number of aliphatic hydroxyl groups is 1. The summed E-state index contributed by atoms with van der Waals surface area (Å²) in [6, 6.07) is 6.25. The summed E-state index contributed by atoms with van der Waals surface area (Å²) in [4.78, 5) is 7.92. The van der Waals surface area contributed by atoms with Crippen molar-refractivity contribution >= 4 is 22.8 Å². The second-order valence-corrected chi connectivity index (χ2v) is 6.57. The highest BCUT2D eigenvalue weighted by atomic mass is 32.2. The third kappa shape index (κ3) is 3.75. The van der Waals surface area contributed by atoms with Crippen LogP contribution in [0.2, 0.25) is 0 Å². The van der Waals surface area contributed by atoms with Gasteiger partial charge in [0.05, 0.1) is 17.6 Å². The molecule has 4 nitrogen and oxygen atoms in total. The second-order valence-electron chi connectivity index (χ2n) is 5.48. The highest BCUT2D eigenvalue weighted by Crippen LogP contribution is 2.22. The van der Waals surface area contributed by atoms with E-state index in [4.69, 9.17) is 0 Å². The van der Waals surface area contributed by atoms with E-state index in [2.05, 4.69) is 40.4 Å². The van der Waals surface area contributed by atoms with E-state index in [1.165, 1.54) is 5.56 Å². The molecule has 0 spiro atoms. The van der Waals surface area contributed by atoms with Crippen molar-refractivity contribution in [3.63, 3.8) is 0 Å². The molecule has 2 rings (SSSR count). The van der Waals surface area contributed by atoms with Crippen LogP contribution in [0.1, 0.15) is 25.3 Å². The summed E-state index contributed by atoms with van der Waals surface area (Å²) in [5, 5.41) is 13.5. The number of H-pyrrole nitrogens is 1. The van der Waals surface area contributed by atoms with E-state index >= 15 is 0 Å². The molecule has 110 valence electrons. The maximum Gasteiger partial charge on any atom is 0.166 e. The van der Waals surface area contributed by atoms with E-state index in [1.54, 1.807) is 11.8 Å². The summed E-state index contributed by atoms with van der Waals surface area (Å²) in [7, 11) is 1.89. The highest BCUT2D eigenvalue weighted by molar-refractivity contribution is 7.99. The van der Waals surface area contributed by atoms with Crippen LogP contribution in [0.5, 0.6) is 0 Å². The van der Waals surface area contributed by atoms with Crippen LogP contribution in [0.25, 0.3) is 11.0 Å². The van der Waals surface area contributed by atoms with E-state index in [9.17, 15) is 5.11 Å². The number of hydrogen-bond donors (Lipinski definition) is 3. The molecule has 1 aromatic heterocycles. The van der Waals surface area contributed by atoms with E-state index in [0.29, 0.717) is 0 Å². The van der Waals surface area contributed by atoms with Crippen molar-refractivity contribution in [3.8, 4) is 0 Å². The summed E-state index contributed by atoms with van der Waals surface area (Å²) >= 11 is 1.74. The van der Waals surface area contributed by atoms with E-state index in [1.807, 2.05) is 14.0 Å². The van der Waals surface area contributed by atoms with Gasteiger partial charge in [-0.15, -0.1) is 0 Å². The fourth-order valence-corrected chi connectivity index (χ4v) is 2.91. The fraction of sp³-hybridized carbons (Fsp3) is 0.533. The monoisotopic (exact) mass is 293 g/mol. The Labute approximate surface area is 124 Å². The topological polar surface area (TPSA) is 60.9 Å². The van der Waals surface area contributed by atoms with Crippen molar-refractivity contribution in [2.75, 3.05) is 19.4 Å². The summed E-state index contributed by atoms with van der Waals surface area (Å²) in [6.07, 6.45) is 1.99. The molecule has 5 heteroatoms. The van der Waals surface area contributed by atoms with Crippen LogP contribution in [-0.2, 0) is 0 Å². The lowest BCUT2D eigenvalue weighted by Crippen LogP contribution is -2.43. The zero-order valence-corrected chi connectivity index (χ0v) is 13.2. The van der Waals surface area contributed by atoms with Gasteiger partial charge in [-0.2, -0.15) is 0 Å². The number of likely N-dealkylation sites (N-methyl/N-ethyl adjacent to an activating group) is 1. The molecule has 20 heavy (non-hydrogen) atoms. The Morgan fingerprint density at radius 3 is 2.95 bits per heavy atom. The van der Waals surface area contributed by atoms with Gasteiger partial charge in [-0.1, -0.05) is 17.8 Å². The highest BCUT2D eigenvalue weighted by Gasteiger charge is 2.19. The molecule has 0 aliphatic carbocycles. The van der Waals surface area contributed by atoms with Crippen LogP contribution in [0, 0.1) is 6.92 Å². The van der Waals surface area contributed by atoms with Crippen molar-refractivity contribution in [3.05, 3.63) is 23.8 Å². The van der Waals surface area contributed by atoms with Crippen molar-refractivity contribution in [2.45, 2.75) is 37.4 Å². The number of fused-ring (bicyclic) bond motifs is 1.